The minimum Gasteiger partial charge on any atom is -0.456 e. The fraction of sp³-hybridized carbons (Fsp3) is 0.0196. The van der Waals surface area contributed by atoms with E-state index >= 15 is 0 Å². The van der Waals surface area contributed by atoms with Crippen LogP contribution in [0, 0.1) is 0 Å². The lowest BCUT2D eigenvalue weighted by Crippen LogP contribution is -2.03. The highest BCUT2D eigenvalue weighted by molar-refractivity contribution is 6.19. The Kier molecular flexibility index (Phi) is 5.54. The first-order valence-electron chi connectivity index (χ1n) is 21.3. The topological polar surface area (TPSA) is 13.1 Å². The maximum Gasteiger partial charge on any atom is 0.136 e. The molecule has 52 heavy (non-hydrogen) atoms. The van der Waals surface area contributed by atoms with E-state index in [4.69, 9.17) is 8.53 Å². The highest BCUT2D eigenvalue weighted by atomic mass is 16.3. The third-order valence-electron chi connectivity index (χ3n) is 9.88. The molecule has 10 aromatic rings. The summed E-state index contributed by atoms with van der Waals surface area (Å²) in [6.45, 7) is 0. The molecule has 1 heterocycles. The van der Waals surface area contributed by atoms with Crippen molar-refractivity contribution in [1.82, 2.24) is 0 Å². The third kappa shape index (κ3) is 5.35. The van der Waals surface area contributed by atoms with Crippen molar-refractivity contribution in [2.24, 2.45) is 0 Å². The quantitative estimate of drug-likeness (QED) is 0.161. The Morgan fingerprint density at radius 2 is 1.02 bits per heavy atom. The molecule has 0 fully saturated rings. The largest absolute Gasteiger partial charge is 0.456 e. The van der Waals surface area contributed by atoms with E-state index in [2.05, 4.69) is 66.7 Å². The number of para-hydroxylation sites is 1. The van der Waals surface area contributed by atoms with Gasteiger partial charge < -0.3 is 4.42 Å². The van der Waals surface area contributed by atoms with Gasteiger partial charge in [0.2, 0.25) is 0 Å². The van der Waals surface area contributed by atoms with E-state index in [0.717, 1.165) is 27.8 Å². The summed E-state index contributed by atoms with van der Waals surface area (Å²) < 4.78 is 78.7. The van der Waals surface area contributed by atoms with E-state index < -0.39 is 0 Å². The van der Waals surface area contributed by atoms with Crippen LogP contribution in [0.1, 0.15) is 33.6 Å². The van der Waals surface area contributed by atoms with E-state index in [9.17, 15) is 6.85 Å². The van der Waals surface area contributed by atoms with Gasteiger partial charge in [-0.15, -0.1) is 0 Å². The molecular weight excluding hydrogens is 629 g/mol. The van der Waals surface area contributed by atoms with Crippen molar-refractivity contribution in [3.8, 4) is 33.4 Å². The lowest BCUT2D eigenvalue weighted by Gasteiger charge is -2.20. The van der Waals surface area contributed by atoms with Gasteiger partial charge in [-0.3, -0.25) is 0 Å². The van der Waals surface area contributed by atoms with Crippen LogP contribution < -0.4 is 0 Å². The van der Waals surface area contributed by atoms with Gasteiger partial charge in [0.05, 0.1) is 11.0 Å². The lowest BCUT2D eigenvalue weighted by atomic mass is 9.83. The van der Waals surface area contributed by atoms with Gasteiger partial charge in [0, 0.05) is 16.7 Å². The third-order valence-corrected chi connectivity index (χ3v) is 9.88. The molecule has 0 aliphatic rings. The molecule has 0 spiro atoms. The fourth-order valence-electron chi connectivity index (χ4n) is 7.29. The van der Waals surface area contributed by atoms with Gasteiger partial charge in [-0.05, 0) is 95.8 Å². The maximum absolute atomic E-state index is 9.46. The Morgan fingerprint density at radius 1 is 0.365 bits per heavy atom. The number of rotatable bonds is 6. The Bertz CT molecular complexity index is 3330. The summed E-state index contributed by atoms with van der Waals surface area (Å²) in [6, 6.07) is 47.8. The van der Waals surface area contributed by atoms with Gasteiger partial charge in [0.25, 0.3) is 0 Å². The first-order chi connectivity index (χ1) is 29.1. The van der Waals surface area contributed by atoms with Crippen LogP contribution in [-0.2, 0) is 0 Å². The van der Waals surface area contributed by atoms with Gasteiger partial charge in [-0.1, -0.05) is 176 Å². The minimum absolute atomic E-state index is 0.0426. The molecule has 0 N–H and O–H groups in total. The molecule has 1 unspecified atom stereocenters. The average Bonchev–Trinajstić information content (AvgIpc) is 3.67. The monoisotopic (exact) mass is 670 g/mol. The summed E-state index contributed by atoms with van der Waals surface area (Å²) in [7, 11) is 0. The van der Waals surface area contributed by atoms with Crippen LogP contribution in [0.2, 0.25) is 0 Å². The molecule has 0 amide bonds. The van der Waals surface area contributed by atoms with Crippen LogP contribution >= 0.6 is 0 Å². The minimum atomic E-state index is -0.300. The average molecular weight is 671 g/mol. The van der Waals surface area contributed by atoms with E-state index in [0.29, 0.717) is 27.3 Å². The number of benzene rings is 9. The number of furan rings is 1. The van der Waals surface area contributed by atoms with Gasteiger partial charge in [-0.25, -0.2) is 0 Å². The van der Waals surface area contributed by atoms with Crippen LogP contribution in [0.15, 0.2) is 204 Å². The zero-order valence-corrected chi connectivity index (χ0v) is 27.9. The predicted molar refractivity (Wildman–Crippen MR) is 219 cm³/mol. The normalized spacial score (nSPS) is 14.3. The first kappa shape index (κ1) is 22.9. The Hall–Kier alpha value is -6.70. The molecule has 244 valence electrons. The van der Waals surface area contributed by atoms with Crippen LogP contribution in [0.3, 0.4) is 0 Å². The summed E-state index contributed by atoms with van der Waals surface area (Å²) in [5, 5.41) is 3.67. The summed E-state index contributed by atoms with van der Waals surface area (Å²) >= 11 is 0. The molecule has 10 rings (SSSR count). The molecule has 0 saturated heterocycles. The van der Waals surface area contributed by atoms with Crippen molar-refractivity contribution < 1.29 is 15.4 Å². The highest BCUT2D eigenvalue weighted by Gasteiger charge is 2.18. The molecule has 0 aliphatic heterocycles. The standard InChI is InChI=1S/C51H34O/c1-2-10-39(11-3-1)50(40-25-21-36(22-26-40)43-27-23-34-9-4-5-12-41(34)31-43)45-14-8-13-42(32-45)35-17-19-37(20-18-35)44-28-24-38-29-30-49-51(47(38)33-44)46-15-6-7-16-48(46)52-49/h1-33,50H/i15D,17D,18D,19D,20D,29D,30D,33D. The van der Waals surface area contributed by atoms with E-state index in [1.54, 1.807) is 30.3 Å². The van der Waals surface area contributed by atoms with Gasteiger partial charge in [0.1, 0.15) is 11.2 Å². The second-order valence-electron chi connectivity index (χ2n) is 13.0. The van der Waals surface area contributed by atoms with E-state index in [1.807, 2.05) is 48.5 Å². The van der Waals surface area contributed by atoms with Crippen LogP contribution in [0.5, 0.6) is 0 Å². The van der Waals surface area contributed by atoms with E-state index in [1.165, 1.54) is 16.8 Å². The lowest BCUT2D eigenvalue weighted by molar-refractivity contribution is 0.669. The van der Waals surface area contributed by atoms with Gasteiger partial charge in [-0.2, -0.15) is 0 Å². The second kappa shape index (κ2) is 12.6. The zero-order valence-electron chi connectivity index (χ0n) is 35.9. The van der Waals surface area contributed by atoms with Crippen molar-refractivity contribution in [2.75, 3.05) is 0 Å². The molecule has 1 nitrogen and oxygen atoms in total. The predicted octanol–water partition coefficient (Wildman–Crippen LogP) is 14.1. The zero-order chi connectivity index (χ0) is 41.4. The first-order valence-corrected chi connectivity index (χ1v) is 17.3. The smallest absolute Gasteiger partial charge is 0.136 e. The Balaban J connectivity index is 1.09. The van der Waals surface area contributed by atoms with Crippen molar-refractivity contribution >= 4 is 43.5 Å². The summed E-state index contributed by atoms with van der Waals surface area (Å²) in [6.07, 6.45) is 0. The van der Waals surface area contributed by atoms with Crippen LogP contribution in [0.4, 0.5) is 0 Å². The molecule has 1 aromatic heterocycles. The van der Waals surface area contributed by atoms with Gasteiger partial charge in [0.15, 0.2) is 0 Å². The van der Waals surface area contributed by atoms with E-state index in [-0.39, 0.29) is 81.9 Å². The van der Waals surface area contributed by atoms with Gasteiger partial charge >= 0.3 is 0 Å². The second-order valence-corrected chi connectivity index (χ2v) is 13.0. The molecule has 0 saturated carbocycles. The van der Waals surface area contributed by atoms with Crippen LogP contribution in [0.25, 0.3) is 76.9 Å². The highest BCUT2D eigenvalue weighted by Crippen LogP contribution is 2.38. The number of hydrogen-bond acceptors (Lipinski definition) is 1. The summed E-state index contributed by atoms with van der Waals surface area (Å²) in [5.41, 5.74) is 6.48. The molecule has 0 radical (unpaired) electrons. The number of fused-ring (bicyclic) bond motifs is 6. The number of hydrogen-bond donors (Lipinski definition) is 0. The Labute approximate surface area is 314 Å². The van der Waals surface area contributed by atoms with Crippen LogP contribution in [-0.4, -0.2) is 0 Å². The molecule has 1 atom stereocenters. The SMILES string of the molecule is [2H]c1c([2H])c(-c2ccc3c([2H])c([2H])c4oc5cccc([2H])c5c4c3c2[2H])c([2H])c([2H])c1-c1cccc(C(c2ccccc2)c2ccc(-c3ccc4ccccc4c3)cc2)c1. The maximum atomic E-state index is 9.46. The molecule has 9 aromatic carbocycles. The fourth-order valence-corrected chi connectivity index (χ4v) is 7.29. The van der Waals surface area contributed by atoms with Crippen molar-refractivity contribution in [3.63, 3.8) is 0 Å². The molecule has 0 aliphatic carbocycles. The molecule has 0 bridgehead atoms. The molecular formula is C51H34O. The molecule has 1 heteroatoms. The summed E-state index contributed by atoms with van der Waals surface area (Å²) in [5.74, 6) is -0.194. The van der Waals surface area contributed by atoms with Crippen molar-refractivity contribution in [1.29, 1.82) is 0 Å². The van der Waals surface area contributed by atoms with Crippen molar-refractivity contribution in [3.05, 3.63) is 217 Å². The van der Waals surface area contributed by atoms with Crippen molar-refractivity contribution in [2.45, 2.75) is 5.92 Å². The summed E-state index contributed by atoms with van der Waals surface area (Å²) in [4.78, 5) is 0. The Morgan fingerprint density at radius 3 is 1.87 bits per heavy atom.